The number of hydrogen-bond acceptors (Lipinski definition) is 2. The van der Waals surface area contributed by atoms with Gasteiger partial charge in [-0.2, -0.15) is 0 Å². The Labute approximate surface area is 157 Å². The Morgan fingerprint density at radius 1 is 1.15 bits per heavy atom. The Kier molecular flexibility index (Phi) is 6.32. The molecule has 1 aliphatic rings. The average Bonchev–Trinajstić information content (AvgIpc) is 3.17. The van der Waals surface area contributed by atoms with Gasteiger partial charge in [-0.3, -0.25) is 4.79 Å². The molecule has 2 aromatic rings. The SMILES string of the molecule is CCC(c1ccccc1)C1CCCN1C(=O)CCc1ccc(OC)cc1. The molecule has 0 saturated carbocycles. The molecule has 2 atom stereocenters. The zero-order valence-electron chi connectivity index (χ0n) is 15.9. The van der Waals surface area contributed by atoms with Crippen LogP contribution in [0.1, 0.15) is 49.7 Å². The number of carbonyl (C=O) groups excluding carboxylic acids is 1. The van der Waals surface area contributed by atoms with E-state index in [1.807, 2.05) is 24.3 Å². The van der Waals surface area contributed by atoms with Crippen molar-refractivity contribution in [3.05, 3.63) is 65.7 Å². The molecule has 1 saturated heterocycles. The third-order valence-corrected chi connectivity index (χ3v) is 5.54. The predicted molar refractivity (Wildman–Crippen MR) is 106 cm³/mol. The third kappa shape index (κ3) is 4.27. The van der Waals surface area contributed by atoms with Gasteiger partial charge >= 0.3 is 0 Å². The first-order valence-electron chi connectivity index (χ1n) is 9.70. The lowest BCUT2D eigenvalue weighted by molar-refractivity contribution is -0.132. The van der Waals surface area contributed by atoms with Crippen molar-refractivity contribution in [2.24, 2.45) is 0 Å². The van der Waals surface area contributed by atoms with E-state index in [-0.39, 0.29) is 5.91 Å². The van der Waals surface area contributed by atoms with Crippen molar-refractivity contribution < 1.29 is 9.53 Å². The molecule has 1 amide bonds. The maximum absolute atomic E-state index is 12.9. The second-order valence-electron chi connectivity index (χ2n) is 7.07. The Hall–Kier alpha value is -2.29. The second-order valence-corrected chi connectivity index (χ2v) is 7.07. The van der Waals surface area contributed by atoms with Crippen molar-refractivity contribution in [3.8, 4) is 5.75 Å². The maximum atomic E-state index is 12.9. The van der Waals surface area contributed by atoms with Crippen molar-refractivity contribution >= 4 is 5.91 Å². The number of nitrogens with zero attached hydrogens (tertiary/aromatic N) is 1. The van der Waals surface area contributed by atoms with Gasteiger partial charge in [-0.25, -0.2) is 0 Å². The fraction of sp³-hybridized carbons (Fsp3) is 0.435. The van der Waals surface area contributed by atoms with Crippen molar-refractivity contribution in [2.75, 3.05) is 13.7 Å². The molecule has 0 N–H and O–H groups in total. The fourth-order valence-corrected chi connectivity index (χ4v) is 4.14. The summed E-state index contributed by atoms with van der Waals surface area (Å²) in [7, 11) is 1.67. The minimum absolute atomic E-state index is 0.290. The highest BCUT2D eigenvalue weighted by Crippen LogP contribution is 2.34. The molecular weight excluding hydrogens is 322 g/mol. The monoisotopic (exact) mass is 351 g/mol. The summed E-state index contributed by atoms with van der Waals surface area (Å²) in [6, 6.07) is 19.0. The van der Waals surface area contributed by atoms with Gasteiger partial charge in [0.15, 0.2) is 0 Å². The Morgan fingerprint density at radius 2 is 1.88 bits per heavy atom. The van der Waals surface area contributed by atoms with E-state index in [0.717, 1.165) is 38.0 Å². The van der Waals surface area contributed by atoms with Gasteiger partial charge in [0.1, 0.15) is 5.75 Å². The summed E-state index contributed by atoms with van der Waals surface area (Å²) in [4.78, 5) is 15.0. The van der Waals surface area contributed by atoms with Gasteiger partial charge in [0.05, 0.1) is 7.11 Å². The minimum Gasteiger partial charge on any atom is -0.497 e. The average molecular weight is 351 g/mol. The van der Waals surface area contributed by atoms with Crippen molar-refractivity contribution in [3.63, 3.8) is 0 Å². The van der Waals surface area contributed by atoms with E-state index >= 15 is 0 Å². The summed E-state index contributed by atoms with van der Waals surface area (Å²) in [6.07, 6.45) is 4.66. The molecule has 2 aromatic carbocycles. The van der Waals surface area contributed by atoms with Crippen LogP contribution in [-0.4, -0.2) is 30.5 Å². The normalized spacial score (nSPS) is 17.9. The quantitative estimate of drug-likeness (QED) is 0.716. The number of benzene rings is 2. The lowest BCUT2D eigenvalue weighted by Gasteiger charge is -2.32. The van der Waals surface area contributed by atoms with Gasteiger partial charge in [0.25, 0.3) is 0 Å². The number of hydrogen-bond donors (Lipinski definition) is 0. The van der Waals surface area contributed by atoms with E-state index in [1.54, 1.807) is 7.11 Å². The largest absolute Gasteiger partial charge is 0.497 e. The molecule has 3 rings (SSSR count). The Morgan fingerprint density at radius 3 is 2.54 bits per heavy atom. The van der Waals surface area contributed by atoms with E-state index in [0.29, 0.717) is 18.4 Å². The highest BCUT2D eigenvalue weighted by atomic mass is 16.5. The number of ether oxygens (including phenoxy) is 1. The van der Waals surface area contributed by atoms with Gasteiger partial charge in [-0.15, -0.1) is 0 Å². The van der Waals surface area contributed by atoms with Crippen LogP contribution in [0.4, 0.5) is 0 Å². The molecule has 0 radical (unpaired) electrons. The van der Waals surface area contributed by atoms with Crippen LogP contribution in [0, 0.1) is 0 Å². The lowest BCUT2D eigenvalue weighted by atomic mass is 9.87. The molecule has 138 valence electrons. The molecular formula is C23H29NO2. The number of rotatable bonds is 7. The number of methoxy groups -OCH3 is 1. The number of carbonyl (C=O) groups is 1. The van der Waals surface area contributed by atoms with Crippen LogP contribution in [0.5, 0.6) is 5.75 Å². The molecule has 0 bridgehead atoms. The molecule has 0 aliphatic carbocycles. The predicted octanol–water partition coefficient (Wildman–Crippen LogP) is 4.81. The topological polar surface area (TPSA) is 29.5 Å². The molecule has 1 aliphatic heterocycles. The van der Waals surface area contributed by atoms with E-state index < -0.39 is 0 Å². The molecule has 26 heavy (non-hydrogen) atoms. The van der Waals surface area contributed by atoms with Crippen LogP contribution in [0.2, 0.25) is 0 Å². The summed E-state index contributed by atoms with van der Waals surface area (Å²) in [6.45, 7) is 3.13. The summed E-state index contributed by atoms with van der Waals surface area (Å²) in [5, 5.41) is 0. The zero-order chi connectivity index (χ0) is 18.4. The molecule has 3 heteroatoms. The van der Waals surface area contributed by atoms with Crippen molar-refractivity contribution in [1.82, 2.24) is 4.90 Å². The van der Waals surface area contributed by atoms with Crippen LogP contribution in [0.15, 0.2) is 54.6 Å². The molecule has 0 aromatic heterocycles. The zero-order valence-corrected chi connectivity index (χ0v) is 15.9. The summed E-state index contributed by atoms with van der Waals surface area (Å²) < 4.78 is 5.20. The van der Waals surface area contributed by atoms with Crippen molar-refractivity contribution in [2.45, 2.75) is 51.0 Å². The minimum atomic E-state index is 0.290. The standard InChI is InChI=1S/C23H29NO2/c1-3-21(19-8-5-4-6-9-19)22-10-7-17-24(22)23(25)16-13-18-11-14-20(26-2)15-12-18/h4-6,8-9,11-12,14-15,21-22H,3,7,10,13,16-17H2,1-2H3. The molecule has 2 unspecified atom stereocenters. The lowest BCUT2D eigenvalue weighted by Crippen LogP contribution is -2.39. The van der Waals surface area contributed by atoms with Crippen LogP contribution in [0.25, 0.3) is 0 Å². The van der Waals surface area contributed by atoms with Crippen molar-refractivity contribution in [1.29, 1.82) is 0 Å². The molecule has 0 spiro atoms. The van der Waals surface area contributed by atoms with E-state index in [2.05, 4.69) is 42.2 Å². The third-order valence-electron chi connectivity index (χ3n) is 5.54. The highest BCUT2D eigenvalue weighted by molar-refractivity contribution is 5.77. The Balaban J connectivity index is 1.63. The van der Waals surface area contributed by atoms with Gasteiger partial charge < -0.3 is 9.64 Å². The van der Waals surface area contributed by atoms with Crippen LogP contribution >= 0.6 is 0 Å². The van der Waals surface area contributed by atoms with Gasteiger partial charge in [0.2, 0.25) is 5.91 Å². The molecule has 3 nitrogen and oxygen atoms in total. The first-order valence-corrected chi connectivity index (χ1v) is 9.70. The molecule has 1 heterocycles. The van der Waals surface area contributed by atoms with Gasteiger partial charge in [0, 0.05) is 24.9 Å². The Bertz CT molecular complexity index is 696. The van der Waals surface area contributed by atoms with Crippen LogP contribution in [-0.2, 0) is 11.2 Å². The number of likely N-dealkylation sites (tertiary alicyclic amines) is 1. The summed E-state index contributed by atoms with van der Waals surface area (Å²) in [5.74, 6) is 1.58. The second kappa shape index (κ2) is 8.88. The molecule has 1 fully saturated rings. The van der Waals surface area contributed by atoms with E-state index in [9.17, 15) is 4.79 Å². The number of amides is 1. The van der Waals surface area contributed by atoms with Gasteiger partial charge in [-0.05, 0) is 48.9 Å². The highest BCUT2D eigenvalue weighted by Gasteiger charge is 2.34. The summed E-state index contributed by atoms with van der Waals surface area (Å²) in [5.41, 5.74) is 2.54. The first-order chi connectivity index (χ1) is 12.7. The van der Waals surface area contributed by atoms with Crippen LogP contribution in [0.3, 0.4) is 0 Å². The summed E-state index contributed by atoms with van der Waals surface area (Å²) >= 11 is 0. The van der Waals surface area contributed by atoms with Crippen LogP contribution < -0.4 is 4.74 Å². The van der Waals surface area contributed by atoms with E-state index in [4.69, 9.17) is 4.74 Å². The first kappa shape index (κ1) is 18.5. The fourth-order valence-electron chi connectivity index (χ4n) is 4.14. The van der Waals surface area contributed by atoms with Gasteiger partial charge in [-0.1, -0.05) is 49.4 Å². The maximum Gasteiger partial charge on any atom is 0.223 e. The van der Waals surface area contributed by atoms with E-state index in [1.165, 1.54) is 11.1 Å². The smallest absolute Gasteiger partial charge is 0.223 e. The number of aryl methyl sites for hydroxylation is 1.